The number of nitrogens with zero attached hydrogens (tertiary/aromatic N) is 4. The lowest BCUT2D eigenvalue weighted by Gasteiger charge is -2.35. The van der Waals surface area contributed by atoms with Crippen molar-refractivity contribution in [1.29, 1.82) is 0 Å². The summed E-state index contributed by atoms with van der Waals surface area (Å²) in [5.74, 6) is -2.58. The van der Waals surface area contributed by atoms with Crippen molar-refractivity contribution in [1.82, 2.24) is 35.6 Å². The van der Waals surface area contributed by atoms with Gasteiger partial charge in [0.2, 0.25) is 29.0 Å². The van der Waals surface area contributed by atoms with Crippen LogP contribution in [0.5, 0.6) is 5.75 Å². The minimum absolute atomic E-state index is 0.0169. The van der Waals surface area contributed by atoms with Crippen LogP contribution >= 0.6 is 0 Å². The van der Waals surface area contributed by atoms with Gasteiger partial charge in [0.25, 0.3) is 11.8 Å². The van der Waals surface area contributed by atoms with E-state index < -0.39 is 33.7 Å². The van der Waals surface area contributed by atoms with Crippen molar-refractivity contribution in [3.05, 3.63) is 166 Å². The number of nitrogens with one attached hydrogen (secondary N) is 4. The number of aryl methyl sites for hydroxylation is 2. The van der Waals surface area contributed by atoms with Crippen LogP contribution in [0.25, 0.3) is 33.4 Å². The third-order valence-electron chi connectivity index (χ3n) is 18.2. The number of rotatable bonds is 32. The van der Waals surface area contributed by atoms with Crippen LogP contribution in [0.3, 0.4) is 0 Å². The Kier molecular flexibility index (Phi) is 25.4. The molecule has 97 heavy (non-hydrogen) atoms. The van der Waals surface area contributed by atoms with Gasteiger partial charge in [0, 0.05) is 135 Å². The molecule has 1 unspecified atom stereocenters. The minimum Gasteiger partial charge on any atom is -0.748 e. The Bertz CT molecular complexity index is 4130. The summed E-state index contributed by atoms with van der Waals surface area (Å²) in [4.78, 5) is 99.4. The standard InChI is InChI=1S/C74H89BN8O13S/c1-7-80(8-2)54-32-34-58-63(46-54)96-64-47-55(81(9-3)10-4)33-35-59(64)68(58)56-25-18-19-26-57(56)74(90)83-43-41-82(42-44-83)67(86)37-36-66(85)79-62(49-97(91,92)93)73(89)77-38-20-12-15-27-65(84)76-39-40-78-72(88)60-45-53(71(94-6)69-61(60)48-95-75(69)5)24-17-16-21-50-28-30-52(31-29-50)70(87)51-22-13-11-14-23-51/h11,13-14,18-19,22-23,25-26,28-35,45-47,62H,7-10,12,15-17,20-21,24,27,36-44,48-49H2,1-6H3,(H4-,76,77,78,79,84,85,88,89,91,92,93). The van der Waals surface area contributed by atoms with Crippen LogP contribution in [-0.2, 0) is 53.4 Å². The van der Waals surface area contributed by atoms with Crippen LogP contribution in [-0.4, -0.2) is 162 Å². The molecule has 0 aromatic heterocycles. The van der Waals surface area contributed by atoms with Gasteiger partial charge in [-0.15, -0.1) is 0 Å². The SMILES string of the molecule is CCN(CC)c1ccc2c(-c3ccccc3C(=O)N3CCN(C(=O)CCC(=O)NC(CS(=O)(=O)[O-])C(=O)NCCCCCC(=O)NCCNC(=O)c4cc(CCCCc5ccc(C(=O)c6ccccc6)cc5)c(OC)c5c4COB5C)CC3)c3ccc(=[N+](CC)CC)cc-3oc2c1. The van der Waals surface area contributed by atoms with Gasteiger partial charge in [0.1, 0.15) is 36.2 Å². The number of ether oxygens (including phenoxy) is 1. The first-order chi connectivity index (χ1) is 46.8. The molecule has 1 fully saturated rings. The summed E-state index contributed by atoms with van der Waals surface area (Å²) in [6, 6.07) is 37.0. The van der Waals surface area contributed by atoms with E-state index in [9.17, 15) is 46.5 Å². The number of unbranched alkanes of at least 4 members (excludes halogenated alkanes) is 3. The van der Waals surface area contributed by atoms with Gasteiger partial charge in [-0.05, 0) is 124 Å². The van der Waals surface area contributed by atoms with Gasteiger partial charge < -0.3 is 54.3 Å². The molecule has 21 nitrogen and oxygen atoms in total. The summed E-state index contributed by atoms with van der Waals surface area (Å²) in [6.45, 7) is 14.9. The molecule has 9 rings (SSSR count). The van der Waals surface area contributed by atoms with Crippen LogP contribution in [0.1, 0.15) is 132 Å². The topological polar surface area (TPSA) is 269 Å². The Hall–Kier alpha value is -9.19. The second-order valence-corrected chi connectivity index (χ2v) is 26.0. The van der Waals surface area contributed by atoms with Crippen molar-refractivity contribution < 1.29 is 60.3 Å². The van der Waals surface area contributed by atoms with Crippen molar-refractivity contribution in [3.63, 3.8) is 0 Å². The van der Waals surface area contributed by atoms with Crippen molar-refractivity contribution in [2.45, 2.75) is 111 Å². The van der Waals surface area contributed by atoms with Gasteiger partial charge in [-0.25, -0.2) is 13.0 Å². The lowest BCUT2D eigenvalue weighted by molar-refractivity contribution is -0.135. The normalized spacial score (nSPS) is 13.2. The molecule has 4 N–H and O–H groups in total. The Morgan fingerprint density at radius 2 is 1.37 bits per heavy atom. The first-order valence-electron chi connectivity index (χ1n) is 33.9. The first kappa shape index (κ1) is 72.1. The number of ketones is 1. The maximum absolute atomic E-state index is 14.6. The summed E-state index contributed by atoms with van der Waals surface area (Å²) in [5.41, 5.74) is 10.1. The number of amides is 6. The van der Waals surface area contributed by atoms with E-state index in [4.69, 9.17) is 13.8 Å². The van der Waals surface area contributed by atoms with Crippen molar-refractivity contribution >= 4 is 80.4 Å². The maximum Gasteiger partial charge on any atom is 0.328 e. The molecular formula is C74H89BN8O13S. The fourth-order valence-corrected chi connectivity index (χ4v) is 13.6. The molecule has 0 spiro atoms. The van der Waals surface area contributed by atoms with Crippen molar-refractivity contribution in [3.8, 4) is 28.2 Å². The van der Waals surface area contributed by atoms with Crippen molar-refractivity contribution in [2.75, 3.05) is 89.8 Å². The molecule has 6 amide bonds. The molecule has 0 bridgehead atoms. The van der Waals surface area contributed by atoms with E-state index in [-0.39, 0.29) is 108 Å². The number of hydrogen-bond acceptors (Lipinski definition) is 14. The van der Waals surface area contributed by atoms with Gasteiger partial charge in [-0.1, -0.05) is 86.0 Å². The zero-order valence-corrected chi connectivity index (χ0v) is 57.3. The number of carbonyl (C=O) groups excluding carboxylic acids is 7. The van der Waals surface area contributed by atoms with E-state index >= 15 is 0 Å². The van der Waals surface area contributed by atoms with Crippen LogP contribution < -0.4 is 46.3 Å². The predicted octanol–water partition coefficient (Wildman–Crippen LogP) is 7.34. The van der Waals surface area contributed by atoms with E-state index in [2.05, 4.69) is 94.8 Å². The molecule has 1 saturated heterocycles. The summed E-state index contributed by atoms with van der Waals surface area (Å²) in [7, 11) is -3.35. The largest absolute Gasteiger partial charge is 0.748 e. The Morgan fingerprint density at radius 1 is 0.680 bits per heavy atom. The average molecular weight is 1340 g/mol. The summed E-state index contributed by atoms with van der Waals surface area (Å²) in [5, 5.41) is 12.5. The summed E-state index contributed by atoms with van der Waals surface area (Å²) < 4.78 is 56.5. The summed E-state index contributed by atoms with van der Waals surface area (Å²) in [6.07, 6.45) is 4.05. The maximum atomic E-state index is 14.6. The second-order valence-electron chi connectivity index (χ2n) is 24.5. The minimum atomic E-state index is -4.98. The third kappa shape index (κ3) is 18.5. The molecule has 23 heteroatoms. The quantitative estimate of drug-likeness (QED) is 0.00803. The molecule has 1 aliphatic carbocycles. The van der Waals surface area contributed by atoms with Gasteiger partial charge in [0.15, 0.2) is 5.78 Å². The highest BCUT2D eigenvalue weighted by Gasteiger charge is 2.34. The highest BCUT2D eigenvalue weighted by atomic mass is 32.2. The molecule has 0 saturated carbocycles. The highest BCUT2D eigenvalue weighted by Crippen LogP contribution is 2.42. The number of methoxy groups -OCH3 is 1. The number of fused-ring (bicyclic) bond motifs is 3. The molecule has 5 aromatic rings. The molecule has 0 radical (unpaired) electrons. The fraction of sp³-hybridized carbons (Fsp3) is 0.405. The van der Waals surface area contributed by atoms with Crippen LogP contribution in [0.15, 0.2) is 126 Å². The summed E-state index contributed by atoms with van der Waals surface area (Å²) >= 11 is 0. The van der Waals surface area contributed by atoms with Gasteiger partial charge in [0.05, 0.1) is 35.7 Å². The highest BCUT2D eigenvalue weighted by molar-refractivity contribution is 7.85. The molecule has 512 valence electrons. The average Bonchev–Trinajstić information content (AvgIpc) is 1.26. The molecule has 4 aliphatic rings. The second kappa shape index (κ2) is 34.2. The van der Waals surface area contributed by atoms with E-state index in [1.165, 1.54) is 0 Å². The van der Waals surface area contributed by atoms with E-state index in [0.29, 0.717) is 59.3 Å². The van der Waals surface area contributed by atoms with Crippen molar-refractivity contribution in [2.24, 2.45) is 0 Å². The van der Waals surface area contributed by atoms with E-state index in [1.54, 1.807) is 16.9 Å². The smallest absolute Gasteiger partial charge is 0.328 e. The van der Waals surface area contributed by atoms with E-state index in [0.717, 1.165) is 106 Å². The lowest BCUT2D eigenvalue weighted by Crippen LogP contribution is -2.51. The van der Waals surface area contributed by atoms with Gasteiger partial charge in [-0.3, -0.25) is 33.6 Å². The monoisotopic (exact) mass is 1340 g/mol. The fourth-order valence-electron chi connectivity index (χ4n) is 13.0. The van der Waals surface area contributed by atoms with Crippen LogP contribution in [0.2, 0.25) is 6.82 Å². The predicted molar refractivity (Wildman–Crippen MR) is 375 cm³/mol. The number of carbonyl (C=O) groups is 7. The van der Waals surface area contributed by atoms with Gasteiger partial charge in [-0.2, -0.15) is 0 Å². The Morgan fingerprint density at radius 3 is 2.08 bits per heavy atom. The first-order valence-corrected chi connectivity index (χ1v) is 35.5. The number of anilines is 1. The number of hydrogen-bond donors (Lipinski definition) is 4. The third-order valence-corrected chi connectivity index (χ3v) is 19.0. The zero-order chi connectivity index (χ0) is 69.2. The molecule has 3 aliphatic heterocycles. The van der Waals surface area contributed by atoms with Crippen LogP contribution in [0.4, 0.5) is 5.69 Å². The van der Waals surface area contributed by atoms with Crippen LogP contribution in [0, 0.1) is 0 Å². The van der Waals surface area contributed by atoms with Gasteiger partial charge >= 0.3 is 6.92 Å². The molecule has 3 heterocycles. The molecule has 5 aromatic carbocycles. The molecule has 1 atom stereocenters. The lowest BCUT2D eigenvalue weighted by atomic mass is 9.62. The Balaban J connectivity index is 0.690. The number of benzene rings is 6. The number of piperazine rings is 1. The zero-order valence-electron chi connectivity index (χ0n) is 56.5. The Labute approximate surface area is 568 Å². The van der Waals surface area contributed by atoms with E-state index in [1.807, 2.05) is 91.8 Å². The molecular weight excluding hydrogens is 1250 g/mol.